The van der Waals surface area contributed by atoms with Gasteiger partial charge >= 0.3 is 0 Å². The molecule has 0 saturated carbocycles. The number of hydrogen-bond donors (Lipinski definition) is 1. The first-order valence-electron chi connectivity index (χ1n) is 9.50. The average Bonchev–Trinajstić information content (AvgIpc) is 3.33. The second-order valence-electron chi connectivity index (χ2n) is 6.68. The van der Waals surface area contributed by atoms with Gasteiger partial charge in [0.05, 0.1) is 13.4 Å². The molecule has 0 unspecified atom stereocenters. The molecule has 0 aliphatic carbocycles. The summed E-state index contributed by atoms with van der Waals surface area (Å²) in [6, 6.07) is 13.2. The highest BCUT2D eigenvalue weighted by atomic mass is 16.5. The number of nitrogens with one attached hydrogen (secondary N) is 1. The number of rotatable bonds is 6. The number of aromatic nitrogens is 2. The molecule has 150 valence electrons. The Morgan fingerprint density at radius 3 is 2.72 bits per heavy atom. The number of ether oxygens (including phenoxy) is 1. The van der Waals surface area contributed by atoms with Crippen LogP contribution < -0.4 is 15.0 Å². The molecule has 1 fully saturated rings. The van der Waals surface area contributed by atoms with Gasteiger partial charge in [-0.05, 0) is 18.2 Å². The van der Waals surface area contributed by atoms with Crippen molar-refractivity contribution in [3.8, 4) is 5.75 Å². The Balaban J connectivity index is 1.36. The van der Waals surface area contributed by atoms with Crippen LogP contribution in [-0.4, -0.2) is 54.1 Å². The number of carbonyl (C=O) groups is 1. The minimum Gasteiger partial charge on any atom is -0.496 e. The summed E-state index contributed by atoms with van der Waals surface area (Å²) in [5, 5.41) is 3.33. The van der Waals surface area contributed by atoms with Gasteiger partial charge in [0.2, 0.25) is 0 Å². The van der Waals surface area contributed by atoms with E-state index in [1.807, 2.05) is 30.3 Å². The van der Waals surface area contributed by atoms with E-state index in [9.17, 15) is 4.79 Å². The molecule has 3 heterocycles. The van der Waals surface area contributed by atoms with Crippen molar-refractivity contribution in [1.29, 1.82) is 0 Å². The van der Waals surface area contributed by atoms with E-state index in [0.717, 1.165) is 22.9 Å². The van der Waals surface area contributed by atoms with E-state index in [1.54, 1.807) is 30.5 Å². The van der Waals surface area contributed by atoms with Gasteiger partial charge in [-0.3, -0.25) is 4.79 Å². The lowest BCUT2D eigenvalue weighted by Gasteiger charge is -2.35. The van der Waals surface area contributed by atoms with Crippen LogP contribution in [0.25, 0.3) is 0 Å². The number of hydrogen-bond acceptors (Lipinski definition) is 7. The highest BCUT2D eigenvalue weighted by molar-refractivity contribution is 5.91. The largest absolute Gasteiger partial charge is 0.496 e. The Labute approximate surface area is 169 Å². The molecule has 4 rings (SSSR count). The molecule has 29 heavy (non-hydrogen) atoms. The maximum absolute atomic E-state index is 12.4. The van der Waals surface area contributed by atoms with Crippen LogP contribution in [-0.2, 0) is 6.54 Å². The van der Waals surface area contributed by atoms with E-state index in [-0.39, 0.29) is 5.91 Å². The first-order valence-corrected chi connectivity index (χ1v) is 9.50. The predicted molar refractivity (Wildman–Crippen MR) is 109 cm³/mol. The fourth-order valence-electron chi connectivity index (χ4n) is 3.35. The number of amides is 1. The van der Waals surface area contributed by atoms with Gasteiger partial charge < -0.3 is 24.3 Å². The van der Waals surface area contributed by atoms with Gasteiger partial charge in [0, 0.05) is 44.4 Å². The smallest absolute Gasteiger partial charge is 0.289 e. The Morgan fingerprint density at radius 1 is 1.14 bits per heavy atom. The lowest BCUT2D eigenvalue weighted by Crippen LogP contribution is -2.49. The van der Waals surface area contributed by atoms with Gasteiger partial charge in [-0.15, -0.1) is 0 Å². The minimum absolute atomic E-state index is 0.0727. The van der Waals surface area contributed by atoms with E-state index >= 15 is 0 Å². The van der Waals surface area contributed by atoms with E-state index in [4.69, 9.17) is 9.15 Å². The molecular weight excluding hydrogens is 370 g/mol. The molecule has 1 amide bonds. The molecule has 1 N–H and O–H groups in total. The topological polar surface area (TPSA) is 83.7 Å². The van der Waals surface area contributed by atoms with E-state index < -0.39 is 0 Å². The van der Waals surface area contributed by atoms with E-state index in [1.165, 1.54) is 6.26 Å². The number of nitrogens with zero attached hydrogens (tertiary/aromatic N) is 4. The zero-order valence-electron chi connectivity index (χ0n) is 16.2. The Morgan fingerprint density at radius 2 is 1.97 bits per heavy atom. The third-order valence-electron chi connectivity index (χ3n) is 4.93. The number of methoxy groups -OCH3 is 1. The zero-order valence-corrected chi connectivity index (χ0v) is 16.2. The van der Waals surface area contributed by atoms with Crippen LogP contribution in [0.4, 0.5) is 11.6 Å². The van der Waals surface area contributed by atoms with Crippen LogP contribution in [0, 0.1) is 0 Å². The summed E-state index contributed by atoms with van der Waals surface area (Å²) in [6.45, 7) is 3.25. The number of furan rings is 1. The second-order valence-corrected chi connectivity index (χ2v) is 6.68. The fourth-order valence-corrected chi connectivity index (χ4v) is 3.35. The van der Waals surface area contributed by atoms with Crippen molar-refractivity contribution in [3.05, 3.63) is 66.4 Å². The highest BCUT2D eigenvalue weighted by Gasteiger charge is 2.24. The van der Waals surface area contributed by atoms with E-state index in [2.05, 4.69) is 20.2 Å². The number of para-hydroxylation sites is 1. The van der Waals surface area contributed by atoms with Crippen LogP contribution >= 0.6 is 0 Å². The van der Waals surface area contributed by atoms with Crippen molar-refractivity contribution in [2.45, 2.75) is 6.54 Å². The first-order chi connectivity index (χ1) is 14.2. The van der Waals surface area contributed by atoms with Crippen LogP contribution in [0.2, 0.25) is 0 Å². The minimum atomic E-state index is -0.0727. The molecule has 3 aromatic rings. The molecule has 8 nitrogen and oxygen atoms in total. The van der Waals surface area contributed by atoms with Gasteiger partial charge in [-0.25, -0.2) is 9.97 Å². The summed E-state index contributed by atoms with van der Waals surface area (Å²) in [5.41, 5.74) is 1.06. The van der Waals surface area contributed by atoms with Gasteiger partial charge in [-0.2, -0.15) is 0 Å². The zero-order chi connectivity index (χ0) is 20.1. The van der Waals surface area contributed by atoms with Crippen LogP contribution in [0.1, 0.15) is 16.1 Å². The lowest BCUT2D eigenvalue weighted by atomic mass is 10.2. The van der Waals surface area contributed by atoms with Crippen LogP contribution in [0.15, 0.2) is 59.5 Å². The maximum Gasteiger partial charge on any atom is 0.289 e. The number of benzene rings is 1. The van der Waals surface area contributed by atoms with Crippen molar-refractivity contribution in [2.24, 2.45) is 0 Å². The summed E-state index contributed by atoms with van der Waals surface area (Å²) in [7, 11) is 1.66. The standard InChI is InChI=1S/C21H23N5O3/c1-28-17-6-3-2-5-16(17)14-22-19-13-20(24-15-23-19)25-8-10-26(11-9-25)21(27)18-7-4-12-29-18/h2-7,12-13,15H,8-11,14H2,1H3,(H,22,23,24). The number of carbonyl (C=O) groups excluding carboxylic acids is 1. The van der Waals surface area contributed by atoms with Crippen LogP contribution in [0.3, 0.4) is 0 Å². The maximum atomic E-state index is 12.4. The molecule has 0 atom stereocenters. The molecule has 1 aliphatic rings. The summed E-state index contributed by atoms with van der Waals surface area (Å²) in [5.74, 6) is 2.73. The molecule has 1 aromatic carbocycles. The number of piperazine rings is 1. The lowest BCUT2D eigenvalue weighted by molar-refractivity contribution is 0.0714. The van der Waals surface area contributed by atoms with Crippen molar-refractivity contribution >= 4 is 17.5 Å². The van der Waals surface area contributed by atoms with Crippen molar-refractivity contribution in [1.82, 2.24) is 14.9 Å². The molecular formula is C21H23N5O3. The summed E-state index contributed by atoms with van der Waals surface area (Å²) >= 11 is 0. The van der Waals surface area contributed by atoms with E-state index in [0.29, 0.717) is 38.5 Å². The molecule has 1 saturated heterocycles. The number of anilines is 2. The monoisotopic (exact) mass is 393 g/mol. The van der Waals surface area contributed by atoms with Crippen molar-refractivity contribution in [3.63, 3.8) is 0 Å². The molecule has 0 radical (unpaired) electrons. The average molecular weight is 393 g/mol. The SMILES string of the molecule is COc1ccccc1CNc1cc(N2CCN(C(=O)c3ccco3)CC2)ncn1. The molecule has 0 bridgehead atoms. The Hall–Kier alpha value is -3.55. The summed E-state index contributed by atoms with van der Waals surface area (Å²) < 4.78 is 10.6. The summed E-state index contributed by atoms with van der Waals surface area (Å²) in [4.78, 5) is 25.1. The highest BCUT2D eigenvalue weighted by Crippen LogP contribution is 2.21. The second kappa shape index (κ2) is 8.64. The molecule has 1 aliphatic heterocycles. The fraction of sp³-hybridized carbons (Fsp3) is 0.286. The predicted octanol–water partition coefficient (Wildman–Crippen LogP) is 2.65. The Kier molecular flexibility index (Phi) is 5.60. The molecule has 2 aromatic heterocycles. The first kappa shape index (κ1) is 18.8. The van der Waals surface area contributed by atoms with Crippen LogP contribution in [0.5, 0.6) is 5.75 Å². The van der Waals surface area contributed by atoms with Crippen molar-refractivity contribution in [2.75, 3.05) is 43.5 Å². The third-order valence-corrected chi connectivity index (χ3v) is 4.93. The Bertz CT molecular complexity index is 952. The molecule has 8 heteroatoms. The van der Waals surface area contributed by atoms with Gasteiger partial charge in [0.25, 0.3) is 5.91 Å². The molecule has 0 spiro atoms. The summed E-state index contributed by atoms with van der Waals surface area (Å²) in [6.07, 6.45) is 3.07. The van der Waals surface area contributed by atoms with Gasteiger partial charge in [0.15, 0.2) is 5.76 Å². The van der Waals surface area contributed by atoms with Gasteiger partial charge in [0.1, 0.15) is 23.7 Å². The third kappa shape index (κ3) is 4.31. The van der Waals surface area contributed by atoms with Gasteiger partial charge in [-0.1, -0.05) is 18.2 Å². The normalized spacial score (nSPS) is 14.0. The van der Waals surface area contributed by atoms with Crippen molar-refractivity contribution < 1.29 is 13.9 Å². The quantitative estimate of drug-likeness (QED) is 0.689.